The van der Waals surface area contributed by atoms with Crippen LogP contribution in [0.25, 0.3) is 0 Å². The van der Waals surface area contributed by atoms with E-state index in [9.17, 15) is 17.6 Å². The van der Waals surface area contributed by atoms with Gasteiger partial charge in [0.05, 0.1) is 10.8 Å². The first-order valence-electron chi connectivity index (χ1n) is 9.95. The van der Waals surface area contributed by atoms with Crippen molar-refractivity contribution < 1.29 is 17.6 Å². The van der Waals surface area contributed by atoms with E-state index in [-0.39, 0.29) is 22.8 Å². The van der Waals surface area contributed by atoms with Crippen molar-refractivity contribution in [3.63, 3.8) is 0 Å². The highest BCUT2D eigenvalue weighted by Gasteiger charge is 2.40. The zero-order valence-corrected chi connectivity index (χ0v) is 17.6. The molecule has 28 heavy (non-hydrogen) atoms. The Balaban J connectivity index is 1.60. The SMILES string of the molecule is CC(C)NC(=O)[C@H]1C[C@H](C2CCN(S(=O)(=O)c3cccc(F)c3)CC2)N(C)C1. The highest BCUT2D eigenvalue weighted by atomic mass is 32.2. The molecule has 8 heteroatoms. The van der Waals surface area contributed by atoms with Crippen LogP contribution in [0.4, 0.5) is 4.39 Å². The predicted octanol–water partition coefficient (Wildman–Crippen LogP) is 2.07. The number of piperidine rings is 1. The lowest BCUT2D eigenvalue weighted by atomic mass is 9.87. The van der Waals surface area contributed by atoms with Gasteiger partial charge in [-0.3, -0.25) is 4.79 Å². The van der Waals surface area contributed by atoms with Crippen LogP contribution >= 0.6 is 0 Å². The Bertz CT molecular complexity index is 807. The standard InChI is InChI=1S/C20H30FN3O3S/c1-14(2)22-20(25)16-11-19(23(3)13-16)15-7-9-24(10-8-15)28(26,27)18-6-4-5-17(21)12-18/h4-6,12,14-16,19H,7-11,13H2,1-3H3,(H,22,25)/t16-,19+/m0/s1. The lowest BCUT2D eigenvalue weighted by molar-refractivity contribution is -0.125. The number of carbonyl (C=O) groups excluding carboxylic acids is 1. The quantitative estimate of drug-likeness (QED) is 0.805. The lowest BCUT2D eigenvalue weighted by Gasteiger charge is -2.36. The maximum absolute atomic E-state index is 13.4. The number of hydrogen-bond donors (Lipinski definition) is 1. The maximum Gasteiger partial charge on any atom is 0.243 e. The molecule has 1 aromatic rings. The van der Waals surface area contributed by atoms with Gasteiger partial charge in [0.2, 0.25) is 15.9 Å². The smallest absolute Gasteiger partial charge is 0.243 e. The number of nitrogens with one attached hydrogen (secondary N) is 1. The Morgan fingerprint density at radius 2 is 1.93 bits per heavy atom. The van der Waals surface area contributed by atoms with Gasteiger partial charge in [-0.2, -0.15) is 4.31 Å². The Morgan fingerprint density at radius 1 is 1.25 bits per heavy atom. The molecule has 2 fully saturated rings. The third kappa shape index (κ3) is 4.55. The number of benzene rings is 1. The fourth-order valence-corrected chi connectivity index (χ4v) is 5.95. The molecule has 0 bridgehead atoms. The van der Waals surface area contributed by atoms with Gasteiger partial charge in [-0.05, 0) is 64.3 Å². The van der Waals surface area contributed by atoms with Gasteiger partial charge in [0.15, 0.2) is 0 Å². The van der Waals surface area contributed by atoms with Gasteiger partial charge in [-0.1, -0.05) is 6.07 Å². The first kappa shape index (κ1) is 21.2. The monoisotopic (exact) mass is 411 g/mol. The molecule has 0 saturated carbocycles. The van der Waals surface area contributed by atoms with Crippen LogP contribution in [0.1, 0.15) is 33.1 Å². The third-order valence-corrected chi connectivity index (χ3v) is 7.77. The summed E-state index contributed by atoms with van der Waals surface area (Å²) < 4.78 is 40.4. The van der Waals surface area contributed by atoms with Crippen LogP contribution in [0.15, 0.2) is 29.2 Å². The highest BCUT2D eigenvalue weighted by molar-refractivity contribution is 7.89. The van der Waals surface area contributed by atoms with Crippen molar-refractivity contribution in [1.29, 1.82) is 0 Å². The zero-order chi connectivity index (χ0) is 20.5. The van der Waals surface area contributed by atoms with Crippen LogP contribution < -0.4 is 5.32 Å². The molecule has 0 aliphatic carbocycles. The van der Waals surface area contributed by atoms with Crippen molar-refractivity contribution in [3.8, 4) is 0 Å². The van der Waals surface area contributed by atoms with Crippen molar-refractivity contribution in [3.05, 3.63) is 30.1 Å². The predicted molar refractivity (Wildman–Crippen MR) is 106 cm³/mol. The van der Waals surface area contributed by atoms with Crippen molar-refractivity contribution in [2.24, 2.45) is 11.8 Å². The van der Waals surface area contributed by atoms with Crippen molar-refractivity contribution in [2.75, 3.05) is 26.7 Å². The summed E-state index contributed by atoms with van der Waals surface area (Å²) in [6.07, 6.45) is 2.32. The largest absolute Gasteiger partial charge is 0.354 e. The van der Waals surface area contributed by atoms with E-state index in [0.717, 1.165) is 31.9 Å². The van der Waals surface area contributed by atoms with Crippen LogP contribution in [-0.4, -0.2) is 62.3 Å². The minimum absolute atomic E-state index is 0.00791. The van der Waals surface area contributed by atoms with Crippen LogP contribution in [0.2, 0.25) is 0 Å². The van der Waals surface area contributed by atoms with Crippen LogP contribution in [0.5, 0.6) is 0 Å². The summed E-state index contributed by atoms with van der Waals surface area (Å²) in [7, 11) is -1.62. The molecule has 2 aliphatic rings. The molecule has 0 aromatic heterocycles. The fraction of sp³-hybridized carbons (Fsp3) is 0.650. The van der Waals surface area contributed by atoms with E-state index in [1.165, 1.54) is 22.5 Å². The van der Waals surface area contributed by atoms with Crippen LogP contribution in [0, 0.1) is 17.7 Å². The molecule has 2 aliphatic heterocycles. The molecule has 1 aromatic carbocycles. The number of sulfonamides is 1. The molecule has 1 amide bonds. The van der Waals surface area contributed by atoms with Crippen molar-refractivity contribution in [2.45, 2.75) is 50.1 Å². The number of rotatable bonds is 5. The molecule has 1 N–H and O–H groups in total. The molecule has 3 rings (SSSR count). The molecule has 2 saturated heterocycles. The molecular formula is C20H30FN3O3S. The van der Waals surface area contributed by atoms with E-state index in [0.29, 0.717) is 25.0 Å². The van der Waals surface area contributed by atoms with Gasteiger partial charge in [0.1, 0.15) is 5.82 Å². The average Bonchev–Trinajstić information content (AvgIpc) is 3.03. The normalized spacial score (nSPS) is 25.3. The van der Waals surface area contributed by atoms with Crippen LogP contribution in [-0.2, 0) is 14.8 Å². The third-order valence-electron chi connectivity index (χ3n) is 5.88. The number of hydrogen-bond acceptors (Lipinski definition) is 4. The molecule has 6 nitrogen and oxygen atoms in total. The molecule has 0 radical (unpaired) electrons. The number of carbonyl (C=O) groups is 1. The summed E-state index contributed by atoms with van der Waals surface area (Å²) in [4.78, 5) is 14.6. The Labute approximate surface area is 167 Å². The molecular weight excluding hydrogens is 381 g/mol. The van der Waals surface area contributed by atoms with Gasteiger partial charge in [-0.15, -0.1) is 0 Å². The first-order valence-corrected chi connectivity index (χ1v) is 11.4. The summed E-state index contributed by atoms with van der Waals surface area (Å²) in [6.45, 7) is 5.52. The topological polar surface area (TPSA) is 69.7 Å². The van der Waals surface area contributed by atoms with Gasteiger partial charge in [0.25, 0.3) is 0 Å². The van der Waals surface area contributed by atoms with Crippen LogP contribution in [0.3, 0.4) is 0 Å². The fourth-order valence-electron chi connectivity index (χ4n) is 4.45. The Morgan fingerprint density at radius 3 is 2.54 bits per heavy atom. The van der Waals surface area contributed by atoms with E-state index < -0.39 is 15.8 Å². The maximum atomic E-state index is 13.4. The first-order chi connectivity index (χ1) is 13.2. The summed E-state index contributed by atoms with van der Waals surface area (Å²) >= 11 is 0. The van der Waals surface area contributed by atoms with E-state index in [4.69, 9.17) is 0 Å². The second-order valence-corrected chi connectivity index (χ2v) is 10.2. The van der Waals surface area contributed by atoms with Crippen molar-refractivity contribution in [1.82, 2.24) is 14.5 Å². The lowest BCUT2D eigenvalue weighted by Crippen LogP contribution is -2.43. The van der Waals surface area contributed by atoms with E-state index in [1.807, 2.05) is 20.9 Å². The summed E-state index contributed by atoms with van der Waals surface area (Å²) in [5.74, 6) is -0.0861. The molecule has 2 atom stereocenters. The second-order valence-electron chi connectivity index (χ2n) is 8.30. The number of likely N-dealkylation sites (tertiary alicyclic amines) is 1. The minimum atomic E-state index is -3.67. The second kappa shape index (κ2) is 8.47. The van der Waals surface area contributed by atoms with E-state index in [1.54, 1.807) is 0 Å². The van der Waals surface area contributed by atoms with Gasteiger partial charge in [0, 0.05) is 31.7 Å². The molecule has 156 valence electrons. The van der Waals surface area contributed by atoms with Gasteiger partial charge >= 0.3 is 0 Å². The molecule has 0 spiro atoms. The highest BCUT2D eigenvalue weighted by Crippen LogP contribution is 2.34. The van der Waals surface area contributed by atoms with E-state index >= 15 is 0 Å². The Kier molecular flexibility index (Phi) is 6.41. The summed E-state index contributed by atoms with van der Waals surface area (Å²) in [5, 5.41) is 2.99. The van der Waals surface area contributed by atoms with Gasteiger partial charge < -0.3 is 10.2 Å². The number of amides is 1. The average molecular weight is 412 g/mol. The number of nitrogens with zero attached hydrogens (tertiary/aromatic N) is 2. The molecule has 2 heterocycles. The van der Waals surface area contributed by atoms with Gasteiger partial charge in [-0.25, -0.2) is 12.8 Å². The summed E-state index contributed by atoms with van der Waals surface area (Å²) in [5.41, 5.74) is 0. The molecule has 0 unspecified atom stereocenters. The van der Waals surface area contributed by atoms with E-state index in [2.05, 4.69) is 10.2 Å². The Hall–Kier alpha value is -1.51. The number of halogens is 1. The van der Waals surface area contributed by atoms with Crippen molar-refractivity contribution >= 4 is 15.9 Å². The minimum Gasteiger partial charge on any atom is -0.354 e. The zero-order valence-electron chi connectivity index (χ0n) is 16.8. The summed E-state index contributed by atoms with van der Waals surface area (Å²) in [6, 6.07) is 5.60.